The average Bonchev–Trinajstić information content (AvgIpc) is 3.12. The maximum atomic E-state index is 12.6. The molecule has 1 aliphatic heterocycles. The molecule has 166 valence electrons. The van der Waals surface area contributed by atoms with Crippen LogP contribution in [0.15, 0.2) is 9.59 Å². The molecule has 1 fully saturated rings. The smallest absolute Gasteiger partial charge is 0.330 e. The van der Waals surface area contributed by atoms with Crippen LogP contribution in [0.25, 0.3) is 11.2 Å². The summed E-state index contributed by atoms with van der Waals surface area (Å²) in [5.74, 6) is 0.336. The van der Waals surface area contributed by atoms with Crippen molar-refractivity contribution < 1.29 is 14.3 Å². The van der Waals surface area contributed by atoms with E-state index in [0.717, 1.165) is 25.7 Å². The van der Waals surface area contributed by atoms with Crippen LogP contribution in [0, 0.1) is 0 Å². The van der Waals surface area contributed by atoms with Gasteiger partial charge in [-0.05, 0) is 26.2 Å². The van der Waals surface area contributed by atoms with Crippen LogP contribution in [0.4, 0.5) is 0 Å². The molecule has 10 nitrogen and oxygen atoms in total. The van der Waals surface area contributed by atoms with E-state index in [4.69, 9.17) is 14.5 Å². The van der Waals surface area contributed by atoms with Gasteiger partial charge < -0.3 is 14.0 Å². The number of methoxy groups -OCH3 is 1. The number of imidazole rings is 1. The first-order valence-corrected chi connectivity index (χ1v) is 10.6. The van der Waals surface area contributed by atoms with Gasteiger partial charge in [-0.2, -0.15) is 0 Å². The number of carbonyl (C=O) groups excluding carboxylic acids is 1. The molecule has 0 atom stereocenters. The third kappa shape index (κ3) is 4.65. The number of fused-ring (bicyclic) bond motifs is 1. The van der Waals surface area contributed by atoms with Gasteiger partial charge in [-0.15, -0.1) is 0 Å². The molecule has 0 aromatic carbocycles. The van der Waals surface area contributed by atoms with Crippen molar-refractivity contribution in [3.63, 3.8) is 0 Å². The lowest BCUT2D eigenvalue weighted by atomic mass is 10.1. The Kier molecular flexibility index (Phi) is 7.43. The first-order chi connectivity index (χ1) is 14.5. The predicted octanol–water partition coefficient (Wildman–Crippen LogP) is 0.860. The van der Waals surface area contributed by atoms with Gasteiger partial charge in [0.1, 0.15) is 5.82 Å². The van der Waals surface area contributed by atoms with Gasteiger partial charge in [0.2, 0.25) is 0 Å². The molecule has 0 saturated carbocycles. The zero-order chi connectivity index (χ0) is 21.7. The summed E-state index contributed by atoms with van der Waals surface area (Å²) >= 11 is 0. The molecule has 2 aromatic rings. The Morgan fingerprint density at radius 2 is 2.00 bits per heavy atom. The third-order valence-electron chi connectivity index (χ3n) is 5.63. The van der Waals surface area contributed by atoms with E-state index in [-0.39, 0.29) is 18.6 Å². The Morgan fingerprint density at radius 1 is 1.27 bits per heavy atom. The van der Waals surface area contributed by atoms with Gasteiger partial charge in [0, 0.05) is 32.3 Å². The van der Waals surface area contributed by atoms with Gasteiger partial charge in [0.15, 0.2) is 11.2 Å². The molecule has 1 N–H and O–H groups in total. The van der Waals surface area contributed by atoms with Crippen molar-refractivity contribution >= 4 is 17.1 Å². The molecule has 30 heavy (non-hydrogen) atoms. The molecule has 0 unspecified atom stereocenters. The van der Waals surface area contributed by atoms with E-state index in [1.165, 1.54) is 11.7 Å². The number of unbranched alkanes of at least 4 members (excludes halogenated alkanes) is 1. The highest BCUT2D eigenvalue weighted by Crippen LogP contribution is 2.19. The Balaban J connectivity index is 2.04. The van der Waals surface area contributed by atoms with Crippen LogP contribution in [0.3, 0.4) is 0 Å². The SMILES string of the molecule is CCCCn1c(=O)[nH]c(=O)c2c1nc(CN(CC(=O)OC)C1CCOCC1)n2CC. The summed E-state index contributed by atoms with van der Waals surface area (Å²) in [4.78, 5) is 46.2. The fraction of sp³-hybridized carbons (Fsp3) is 0.700. The quantitative estimate of drug-likeness (QED) is 0.598. The summed E-state index contributed by atoms with van der Waals surface area (Å²) in [6.07, 6.45) is 3.35. The van der Waals surface area contributed by atoms with E-state index in [1.54, 1.807) is 0 Å². The number of hydrogen-bond acceptors (Lipinski definition) is 7. The van der Waals surface area contributed by atoms with Crippen molar-refractivity contribution in [3.8, 4) is 0 Å². The van der Waals surface area contributed by atoms with Crippen molar-refractivity contribution in [2.75, 3.05) is 26.9 Å². The molecule has 0 bridgehead atoms. The largest absolute Gasteiger partial charge is 0.468 e. The highest BCUT2D eigenvalue weighted by atomic mass is 16.5. The molecule has 3 heterocycles. The standard InChI is InChI=1S/C20H31N5O5/c1-4-6-9-25-18-17(19(27)22-20(25)28)24(5-2)15(21-18)12-23(13-16(26)29-3)14-7-10-30-11-8-14/h14H,4-13H2,1-3H3,(H,22,27,28). The van der Waals surface area contributed by atoms with Gasteiger partial charge in [-0.1, -0.05) is 13.3 Å². The number of carbonyl (C=O) groups is 1. The van der Waals surface area contributed by atoms with Crippen LogP contribution >= 0.6 is 0 Å². The lowest BCUT2D eigenvalue weighted by Crippen LogP contribution is -2.42. The van der Waals surface area contributed by atoms with Crippen LogP contribution in [0.1, 0.15) is 45.4 Å². The van der Waals surface area contributed by atoms with E-state index < -0.39 is 11.2 Å². The molecule has 1 saturated heterocycles. The highest BCUT2D eigenvalue weighted by Gasteiger charge is 2.27. The minimum absolute atomic E-state index is 0.132. The molecule has 1 aliphatic rings. The topological polar surface area (TPSA) is 111 Å². The monoisotopic (exact) mass is 421 g/mol. The van der Waals surface area contributed by atoms with E-state index in [1.807, 2.05) is 23.3 Å². The van der Waals surface area contributed by atoms with Gasteiger partial charge in [-0.3, -0.25) is 24.0 Å². The van der Waals surface area contributed by atoms with Crippen molar-refractivity contribution in [1.29, 1.82) is 0 Å². The number of aromatic amines is 1. The minimum Gasteiger partial charge on any atom is -0.468 e. The van der Waals surface area contributed by atoms with E-state index in [9.17, 15) is 14.4 Å². The summed E-state index contributed by atoms with van der Waals surface area (Å²) < 4.78 is 13.7. The maximum absolute atomic E-state index is 12.6. The second kappa shape index (κ2) is 10.0. The summed E-state index contributed by atoms with van der Waals surface area (Å²) in [6, 6.07) is 0.156. The fourth-order valence-corrected chi connectivity index (χ4v) is 3.98. The molecular formula is C20H31N5O5. The van der Waals surface area contributed by atoms with Crippen molar-refractivity contribution in [1.82, 2.24) is 24.0 Å². The normalized spacial score (nSPS) is 15.2. The predicted molar refractivity (Wildman–Crippen MR) is 111 cm³/mol. The number of nitrogens with one attached hydrogen (secondary N) is 1. The Labute approximate surface area is 174 Å². The second-order valence-electron chi connectivity index (χ2n) is 7.53. The number of nitrogens with zero attached hydrogens (tertiary/aromatic N) is 4. The van der Waals surface area contributed by atoms with Gasteiger partial charge in [-0.25, -0.2) is 9.78 Å². The molecule has 2 aromatic heterocycles. The number of esters is 1. The lowest BCUT2D eigenvalue weighted by molar-refractivity contribution is -0.143. The van der Waals surface area contributed by atoms with E-state index in [0.29, 0.717) is 49.8 Å². The molecule has 0 spiro atoms. The van der Waals surface area contributed by atoms with Crippen molar-refractivity contribution in [3.05, 3.63) is 26.7 Å². The molecule has 0 radical (unpaired) electrons. The summed E-state index contributed by atoms with van der Waals surface area (Å²) in [7, 11) is 1.37. The second-order valence-corrected chi connectivity index (χ2v) is 7.53. The lowest BCUT2D eigenvalue weighted by Gasteiger charge is -2.33. The average molecular weight is 421 g/mol. The zero-order valence-electron chi connectivity index (χ0n) is 18.0. The molecule has 0 aliphatic carbocycles. The number of ether oxygens (including phenoxy) is 2. The Morgan fingerprint density at radius 3 is 2.63 bits per heavy atom. The summed E-state index contributed by atoms with van der Waals surface area (Å²) in [5, 5.41) is 0. The number of hydrogen-bond donors (Lipinski definition) is 1. The van der Waals surface area contributed by atoms with Crippen LogP contribution < -0.4 is 11.2 Å². The molecule has 3 rings (SSSR count). The number of aromatic nitrogens is 4. The van der Waals surface area contributed by atoms with E-state index >= 15 is 0 Å². The van der Waals surface area contributed by atoms with E-state index in [2.05, 4.69) is 4.98 Å². The first kappa shape index (κ1) is 22.2. The maximum Gasteiger partial charge on any atom is 0.330 e. The number of H-pyrrole nitrogens is 1. The van der Waals surface area contributed by atoms with Gasteiger partial charge >= 0.3 is 11.7 Å². The Bertz CT molecular complexity index is 986. The summed E-state index contributed by atoms with van der Waals surface area (Å²) in [6.45, 7) is 6.80. The first-order valence-electron chi connectivity index (χ1n) is 10.6. The summed E-state index contributed by atoms with van der Waals surface area (Å²) in [5.41, 5.74) is -0.0784. The van der Waals surface area contributed by atoms with Crippen molar-refractivity contribution in [2.45, 2.75) is 65.2 Å². The van der Waals surface area contributed by atoms with Crippen LogP contribution in [0.2, 0.25) is 0 Å². The highest BCUT2D eigenvalue weighted by molar-refractivity contribution is 5.72. The fourth-order valence-electron chi connectivity index (χ4n) is 3.98. The van der Waals surface area contributed by atoms with Crippen LogP contribution in [0.5, 0.6) is 0 Å². The Hall–Kier alpha value is -2.46. The molecule has 0 amide bonds. The third-order valence-corrected chi connectivity index (χ3v) is 5.63. The number of aryl methyl sites for hydroxylation is 2. The minimum atomic E-state index is -0.441. The molecular weight excluding hydrogens is 390 g/mol. The zero-order valence-corrected chi connectivity index (χ0v) is 18.0. The van der Waals surface area contributed by atoms with Gasteiger partial charge in [0.05, 0.1) is 20.2 Å². The molecule has 10 heteroatoms. The van der Waals surface area contributed by atoms with Crippen molar-refractivity contribution in [2.24, 2.45) is 0 Å². The number of rotatable bonds is 9. The van der Waals surface area contributed by atoms with Crippen LogP contribution in [-0.4, -0.2) is 62.9 Å². The van der Waals surface area contributed by atoms with Gasteiger partial charge in [0.25, 0.3) is 5.56 Å². The van der Waals surface area contributed by atoms with Crippen LogP contribution in [-0.2, 0) is 33.9 Å².